The molecule has 0 heterocycles. The summed E-state index contributed by atoms with van der Waals surface area (Å²) in [5.74, 6) is 3.19. The molecule has 9 atom stereocenters. The van der Waals surface area contributed by atoms with E-state index < -0.39 is 5.60 Å². The van der Waals surface area contributed by atoms with E-state index in [0.717, 1.165) is 38.0 Å². The second-order valence-corrected chi connectivity index (χ2v) is 15.5. The number of nitrogens with two attached hydrogens (primary N) is 2. The Balaban J connectivity index is 1.35. The second kappa shape index (κ2) is 7.45. The fourth-order valence-electron chi connectivity index (χ4n) is 10.6. The summed E-state index contributed by atoms with van der Waals surface area (Å²) >= 11 is 0. The molecule has 0 bridgehead atoms. The second-order valence-electron chi connectivity index (χ2n) is 15.5. The Morgan fingerprint density at radius 3 is 2.24 bits per heavy atom. The van der Waals surface area contributed by atoms with Gasteiger partial charge in [0.15, 0.2) is 0 Å². The number of rotatable bonds is 5. The van der Waals surface area contributed by atoms with Crippen molar-refractivity contribution < 1.29 is 5.11 Å². The first-order valence-electron chi connectivity index (χ1n) is 14.5. The molecule has 0 spiro atoms. The van der Waals surface area contributed by atoms with Crippen molar-refractivity contribution in [3.05, 3.63) is 0 Å². The zero-order valence-corrected chi connectivity index (χ0v) is 22.7. The van der Waals surface area contributed by atoms with E-state index in [1.165, 1.54) is 51.4 Å². The SMILES string of the molecule is C[C@H](CC[C@@](C)(O)C1CC1)C1CC[C@@H]2C1(C)CCC1C2(N)CC[C@@]2(N)CC(C)(C)CC[C@]12C. The van der Waals surface area contributed by atoms with Gasteiger partial charge in [-0.15, -0.1) is 0 Å². The van der Waals surface area contributed by atoms with E-state index in [1.807, 2.05) is 0 Å². The average Bonchev–Trinajstić information content (AvgIpc) is 3.51. The minimum atomic E-state index is -0.447. The van der Waals surface area contributed by atoms with Gasteiger partial charge in [-0.05, 0) is 136 Å². The molecule has 0 aromatic heterocycles. The van der Waals surface area contributed by atoms with Gasteiger partial charge >= 0.3 is 0 Å². The van der Waals surface area contributed by atoms with Crippen molar-refractivity contribution >= 4 is 0 Å². The summed E-state index contributed by atoms with van der Waals surface area (Å²) in [7, 11) is 0. The van der Waals surface area contributed by atoms with Crippen LogP contribution in [0.25, 0.3) is 0 Å². The van der Waals surface area contributed by atoms with Crippen LogP contribution in [0.5, 0.6) is 0 Å². The number of aliphatic hydroxyl groups is 1. The summed E-state index contributed by atoms with van der Waals surface area (Å²) in [6.07, 6.45) is 15.7. The molecule has 3 heteroatoms. The predicted octanol–water partition coefficient (Wildman–Crippen LogP) is 6.41. The van der Waals surface area contributed by atoms with Gasteiger partial charge in [0, 0.05) is 11.1 Å². The first kappa shape index (κ1) is 24.6. The third-order valence-electron chi connectivity index (χ3n) is 13.0. The Labute approximate surface area is 204 Å². The smallest absolute Gasteiger partial charge is 0.0647 e. The van der Waals surface area contributed by atoms with Crippen LogP contribution in [-0.2, 0) is 0 Å². The van der Waals surface area contributed by atoms with E-state index in [9.17, 15) is 5.11 Å². The Kier molecular flexibility index (Phi) is 5.55. The molecular formula is C30H54N2O. The van der Waals surface area contributed by atoms with E-state index in [-0.39, 0.29) is 16.5 Å². The molecule has 5 N–H and O–H groups in total. The normalized spacial score (nSPS) is 51.7. The molecule has 33 heavy (non-hydrogen) atoms. The molecule has 5 aliphatic rings. The summed E-state index contributed by atoms with van der Waals surface area (Å²) in [5, 5.41) is 10.9. The molecule has 5 saturated carbocycles. The van der Waals surface area contributed by atoms with Crippen LogP contribution in [0.2, 0.25) is 0 Å². The van der Waals surface area contributed by atoms with Crippen LogP contribution in [0, 0.1) is 45.8 Å². The lowest BCUT2D eigenvalue weighted by Gasteiger charge is -2.69. The van der Waals surface area contributed by atoms with Crippen molar-refractivity contribution in [3.63, 3.8) is 0 Å². The van der Waals surface area contributed by atoms with Crippen LogP contribution in [0.3, 0.4) is 0 Å². The zero-order valence-electron chi connectivity index (χ0n) is 22.7. The molecule has 190 valence electrons. The molecule has 3 nitrogen and oxygen atoms in total. The Morgan fingerprint density at radius 1 is 0.879 bits per heavy atom. The number of hydrogen-bond acceptors (Lipinski definition) is 3. The van der Waals surface area contributed by atoms with Gasteiger partial charge in [-0.3, -0.25) is 0 Å². The van der Waals surface area contributed by atoms with Crippen molar-refractivity contribution in [2.75, 3.05) is 0 Å². The number of fused-ring (bicyclic) bond motifs is 5. The lowest BCUT2D eigenvalue weighted by atomic mass is 9.38. The van der Waals surface area contributed by atoms with Crippen LogP contribution >= 0.6 is 0 Å². The quantitative estimate of drug-likeness (QED) is 0.445. The standard InChI is InChI=1S/C30H54N2O/c1-20(11-14-28(6,33)21-7-8-21)22-9-10-23-26(22,4)13-12-24-27(5)16-15-25(2,3)19-29(27,31)17-18-30(23,24)32/h20-24,33H,7-19,31-32H2,1-6H3/t20-,22?,23-,24?,26?,27-,28-,29-,30?/m1/s1. The Bertz CT molecular complexity index is 773. The molecule has 5 fully saturated rings. The van der Waals surface area contributed by atoms with Crippen molar-refractivity contribution in [1.82, 2.24) is 0 Å². The summed E-state index contributed by atoms with van der Waals surface area (Å²) < 4.78 is 0. The molecular weight excluding hydrogens is 404 g/mol. The molecule has 4 unspecified atom stereocenters. The molecule has 0 aliphatic heterocycles. The number of hydrogen-bond donors (Lipinski definition) is 3. The van der Waals surface area contributed by atoms with Gasteiger partial charge in [0.05, 0.1) is 5.60 Å². The summed E-state index contributed by atoms with van der Waals surface area (Å²) in [6, 6.07) is 0. The highest BCUT2D eigenvalue weighted by atomic mass is 16.3. The predicted molar refractivity (Wildman–Crippen MR) is 138 cm³/mol. The average molecular weight is 459 g/mol. The third kappa shape index (κ3) is 3.60. The third-order valence-corrected chi connectivity index (χ3v) is 13.0. The van der Waals surface area contributed by atoms with Crippen molar-refractivity contribution in [2.24, 2.45) is 57.3 Å². The maximum atomic E-state index is 10.9. The molecule has 0 aromatic carbocycles. The summed E-state index contributed by atoms with van der Waals surface area (Å²) in [4.78, 5) is 0. The van der Waals surface area contributed by atoms with Crippen LogP contribution < -0.4 is 11.5 Å². The highest BCUT2D eigenvalue weighted by molar-refractivity contribution is 5.23. The molecule has 5 rings (SSSR count). The Hall–Kier alpha value is -0.120. The zero-order chi connectivity index (χ0) is 24.1. The molecule has 0 radical (unpaired) electrons. The van der Waals surface area contributed by atoms with Crippen molar-refractivity contribution in [3.8, 4) is 0 Å². The summed E-state index contributed by atoms with van der Waals surface area (Å²) in [6.45, 7) is 14.5. The molecule has 0 saturated heterocycles. The summed E-state index contributed by atoms with van der Waals surface area (Å²) in [5.41, 5.74) is 15.3. The largest absolute Gasteiger partial charge is 0.390 e. The molecule has 0 aromatic rings. The maximum Gasteiger partial charge on any atom is 0.0647 e. The van der Waals surface area contributed by atoms with E-state index >= 15 is 0 Å². The first-order valence-corrected chi connectivity index (χ1v) is 14.5. The van der Waals surface area contributed by atoms with Gasteiger partial charge in [-0.25, -0.2) is 0 Å². The van der Waals surface area contributed by atoms with Gasteiger partial charge in [-0.1, -0.05) is 34.6 Å². The fraction of sp³-hybridized carbons (Fsp3) is 1.00. The van der Waals surface area contributed by atoms with Crippen molar-refractivity contribution in [2.45, 2.75) is 142 Å². The van der Waals surface area contributed by atoms with E-state index in [1.54, 1.807) is 0 Å². The topological polar surface area (TPSA) is 72.3 Å². The molecule has 0 amide bonds. The van der Waals surface area contributed by atoms with Crippen LogP contribution in [-0.4, -0.2) is 21.8 Å². The first-order chi connectivity index (χ1) is 15.2. The Morgan fingerprint density at radius 2 is 1.58 bits per heavy atom. The minimum absolute atomic E-state index is 0.0416. The van der Waals surface area contributed by atoms with Crippen molar-refractivity contribution in [1.29, 1.82) is 0 Å². The maximum absolute atomic E-state index is 10.9. The van der Waals surface area contributed by atoms with Gasteiger partial charge < -0.3 is 16.6 Å². The van der Waals surface area contributed by atoms with Crippen LogP contribution in [0.15, 0.2) is 0 Å². The lowest BCUT2D eigenvalue weighted by molar-refractivity contribution is -0.153. The van der Waals surface area contributed by atoms with E-state index in [4.69, 9.17) is 11.5 Å². The highest BCUT2D eigenvalue weighted by Gasteiger charge is 2.69. The van der Waals surface area contributed by atoms with Gasteiger partial charge in [-0.2, -0.15) is 0 Å². The lowest BCUT2D eigenvalue weighted by Crippen LogP contribution is -2.75. The monoisotopic (exact) mass is 458 g/mol. The molecule has 5 aliphatic carbocycles. The highest BCUT2D eigenvalue weighted by Crippen LogP contribution is 2.70. The van der Waals surface area contributed by atoms with Gasteiger partial charge in [0.25, 0.3) is 0 Å². The van der Waals surface area contributed by atoms with E-state index in [2.05, 4.69) is 41.5 Å². The minimum Gasteiger partial charge on any atom is -0.390 e. The van der Waals surface area contributed by atoms with Gasteiger partial charge in [0.1, 0.15) is 0 Å². The van der Waals surface area contributed by atoms with Gasteiger partial charge in [0.2, 0.25) is 0 Å². The van der Waals surface area contributed by atoms with Crippen LogP contribution in [0.1, 0.15) is 125 Å². The van der Waals surface area contributed by atoms with Crippen LogP contribution in [0.4, 0.5) is 0 Å². The fourth-order valence-corrected chi connectivity index (χ4v) is 10.6. The van der Waals surface area contributed by atoms with E-state index in [0.29, 0.717) is 34.5 Å².